The Morgan fingerprint density at radius 2 is 2.14 bits per heavy atom. The van der Waals surface area contributed by atoms with Crippen LogP contribution in [0.5, 0.6) is 0 Å². The molecule has 0 N–H and O–H groups in total. The van der Waals surface area contributed by atoms with Gasteiger partial charge in [0.2, 0.25) is 10.0 Å². The van der Waals surface area contributed by atoms with Crippen molar-refractivity contribution in [2.24, 2.45) is 0 Å². The quantitative estimate of drug-likeness (QED) is 0.701. The molecule has 124 valence electrons. The van der Waals surface area contributed by atoms with Crippen molar-refractivity contribution < 1.29 is 22.7 Å². The highest BCUT2D eigenvalue weighted by Gasteiger charge is 2.28. The molecule has 2 rings (SSSR count). The molecule has 22 heavy (non-hydrogen) atoms. The Morgan fingerprint density at radius 3 is 2.73 bits per heavy atom. The van der Waals surface area contributed by atoms with Crippen LogP contribution in [-0.4, -0.2) is 51.6 Å². The Hall–Kier alpha value is -0.960. The van der Waals surface area contributed by atoms with Crippen molar-refractivity contribution in [3.63, 3.8) is 0 Å². The minimum absolute atomic E-state index is 0.0113. The fourth-order valence-corrected chi connectivity index (χ4v) is 4.69. The first-order valence-electron chi connectivity index (χ1n) is 7.18. The number of ether oxygens (including phenoxy) is 2. The molecule has 1 aliphatic rings. The average Bonchev–Trinajstić information content (AvgIpc) is 2.99. The van der Waals surface area contributed by atoms with Gasteiger partial charge in [-0.05, 0) is 35.2 Å². The van der Waals surface area contributed by atoms with Crippen molar-refractivity contribution >= 4 is 27.3 Å². The molecule has 6 nitrogen and oxygen atoms in total. The monoisotopic (exact) mass is 347 g/mol. The van der Waals surface area contributed by atoms with E-state index in [1.807, 2.05) is 16.8 Å². The Morgan fingerprint density at radius 1 is 1.41 bits per heavy atom. The second kappa shape index (κ2) is 8.05. The van der Waals surface area contributed by atoms with E-state index in [1.165, 1.54) is 22.8 Å². The van der Waals surface area contributed by atoms with Gasteiger partial charge in [-0.1, -0.05) is 0 Å². The van der Waals surface area contributed by atoms with Crippen LogP contribution in [0.2, 0.25) is 0 Å². The van der Waals surface area contributed by atoms with Gasteiger partial charge in [0.1, 0.15) is 0 Å². The van der Waals surface area contributed by atoms with Crippen LogP contribution in [0.3, 0.4) is 0 Å². The Labute approximate surface area is 135 Å². The molecule has 0 unspecified atom stereocenters. The molecule has 1 aromatic heterocycles. The van der Waals surface area contributed by atoms with Gasteiger partial charge in [0, 0.05) is 13.1 Å². The Balaban J connectivity index is 1.75. The first-order chi connectivity index (χ1) is 10.5. The lowest BCUT2D eigenvalue weighted by Gasteiger charge is -2.31. The summed E-state index contributed by atoms with van der Waals surface area (Å²) >= 11 is 1.50. The van der Waals surface area contributed by atoms with Gasteiger partial charge in [0.25, 0.3) is 0 Å². The van der Waals surface area contributed by atoms with Gasteiger partial charge >= 0.3 is 5.97 Å². The number of rotatable bonds is 7. The zero-order valence-electron chi connectivity index (χ0n) is 12.6. The largest absolute Gasteiger partial charge is 0.469 e. The maximum Gasteiger partial charge on any atom is 0.307 e. The van der Waals surface area contributed by atoms with Gasteiger partial charge in [-0.3, -0.25) is 4.79 Å². The summed E-state index contributed by atoms with van der Waals surface area (Å²) in [6.07, 6.45) is 1.55. The fraction of sp³-hybridized carbons (Fsp3) is 0.643. The number of hydrogen-bond acceptors (Lipinski definition) is 6. The van der Waals surface area contributed by atoms with Crippen molar-refractivity contribution in [1.29, 1.82) is 0 Å². The lowest BCUT2D eigenvalue weighted by molar-refractivity contribution is -0.142. The predicted molar refractivity (Wildman–Crippen MR) is 84.1 cm³/mol. The Kier molecular flexibility index (Phi) is 6.37. The number of hydrogen-bond donors (Lipinski definition) is 0. The minimum Gasteiger partial charge on any atom is -0.469 e. The lowest BCUT2D eigenvalue weighted by Crippen LogP contribution is -2.41. The lowest BCUT2D eigenvalue weighted by atomic mass is 10.1. The molecule has 0 spiro atoms. The molecule has 0 aliphatic carbocycles. The van der Waals surface area contributed by atoms with E-state index in [1.54, 1.807) is 0 Å². The van der Waals surface area contributed by atoms with Crippen LogP contribution in [0, 0.1) is 0 Å². The number of sulfonamides is 1. The molecular formula is C14H21NO5S2. The maximum atomic E-state index is 12.3. The SMILES string of the molecule is COC(=O)CCOC1CCN(S(=O)(=O)Cc2ccsc2)CC1. The number of esters is 1. The number of methoxy groups -OCH3 is 1. The number of piperidine rings is 1. The number of thiophene rings is 1. The summed E-state index contributed by atoms with van der Waals surface area (Å²) in [5.74, 6) is -0.236. The van der Waals surface area contributed by atoms with Gasteiger partial charge in [-0.2, -0.15) is 11.3 Å². The molecule has 0 atom stereocenters. The number of carbonyl (C=O) groups is 1. The first kappa shape index (κ1) is 17.4. The van der Waals surface area contributed by atoms with E-state index in [-0.39, 0.29) is 24.2 Å². The third-order valence-electron chi connectivity index (χ3n) is 3.61. The summed E-state index contributed by atoms with van der Waals surface area (Å²) in [5, 5.41) is 3.74. The van der Waals surface area contributed by atoms with Crippen LogP contribution in [0.25, 0.3) is 0 Å². The van der Waals surface area contributed by atoms with Crippen molar-refractivity contribution in [2.75, 3.05) is 26.8 Å². The smallest absolute Gasteiger partial charge is 0.307 e. The highest BCUT2D eigenvalue weighted by atomic mass is 32.2. The van der Waals surface area contributed by atoms with Gasteiger partial charge in [0.05, 0.1) is 32.0 Å². The molecule has 0 aromatic carbocycles. The summed E-state index contributed by atoms with van der Waals surface area (Å²) in [4.78, 5) is 11.0. The highest BCUT2D eigenvalue weighted by molar-refractivity contribution is 7.88. The third-order valence-corrected chi connectivity index (χ3v) is 6.19. The van der Waals surface area contributed by atoms with Crippen molar-refractivity contribution in [2.45, 2.75) is 31.1 Å². The average molecular weight is 347 g/mol. The van der Waals surface area contributed by atoms with Crippen LogP contribution >= 0.6 is 11.3 Å². The normalized spacial score (nSPS) is 17.5. The van der Waals surface area contributed by atoms with Crippen LogP contribution < -0.4 is 0 Å². The zero-order chi connectivity index (χ0) is 16.0. The maximum absolute atomic E-state index is 12.3. The molecular weight excluding hydrogens is 326 g/mol. The molecule has 0 saturated carbocycles. The van der Waals surface area contributed by atoms with Crippen LogP contribution in [0.1, 0.15) is 24.8 Å². The predicted octanol–water partition coefficient (Wildman–Crippen LogP) is 1.62. The molecule has 0 radical (unpaired) electrons. The van der Waals surface area contributed by atoms with Crippen molar-refractivity contribution in [3.8, 4) is 0 Å². The molecule has 1 fully saturated rings. The van der Waals surface area contributed by atoms with Crippen molar-refractivity contribution in [1.82, 2.24) is 4.31 Å². The molecule has 1 aromatic rings. The van der Waals surface area contributed by atoms with Crippen LogP contribution in [0.15, 0.2) is 16.8 Å². The van der Waals surface area contributed by atoms with Crippen LogP contribution in [-0.2, 0) is 30.0 Å². The van der Waals surface area contributed by atoms with Gasteiger partial charge in [-0.15, -0.1) is 0 Å². The zero-order valence-corrected chi connectivity index (χ0v) is 14.2. The molecule has 8 heteroatoms. The van der Waals surface area contributed by atoms with E-state index in [0.717, 1.165) is 5.56 Å². The summed E-state index contributed by atoms with van der Waals surface area (Å²) in [6, 6.07) is 1.84. The molecule has 0 amide bonds. The molecule has 1 aliphatic heterocycles. The van der Waals surface area contributed by atoms with Crippen LogP contribution in [0.4, 0.5) is 0 Å². The molecule has 0 bridgehead atoms. The molecule has 2 heterocycles. The second-order valence-corrected chi connectivity index (χ2v) is 7.93. The number of nitrogens with zero attached hydrogens (tertiary/aromatic N) is 1. The third kappa shape index (κ3) is 5.05. The highest BCUT2D eigenvalue weighted by Crippen LogP contribution is 2.20. The summed E-state index contributed by atoms with van der Waals surface area (Å²) in [7, 11) is -1.91. The van der Waals surface area contributed by atoms with E-state index in [2.05, 4.69) is 4.74 Å². The topological polar surface area (TPSA) is 72.9 Å². The van der Waals surface area contributed by atoms with E-state index < -0.39 is 10.0 Å². The summed E-state index contributed by atoms with van der Waals surface area (Å²) < 4.78 is 36.3. The Bertz CT molecular complexity index is 562. The summed E-state index contributed by atoms with van der Waals surface area (Å²) in [6.45, 7) is 1.25. The molecule has 1 saturated heterocycles. The minimum atomic E-state index is -3.26. The van der Waals surface area contributed by atoms with Crippen molar-refractivity contribution in [3.05, 3.63) is 22.4 Å². The van der Waals surface area contributed by atoms with Gasteiger partial charge in [0.15, 0.2) is 0 Å². The van der Waals surface area contributed by atoms with E-state index in [0.29, 0.717) is 32.5 Å². The second-order valence-electron chi connectivity index (χ2n) is 5.18. The van der Waals surface area contributed by atoms with Gasteiger partial charge < -0.3 is 9.47 Å². The van der Waals surface area contributed by atoms with Gasteiger partial charge in [-0.25, -0.2) is 12.7 Å². The first-order valence-corrected chi connectivity index (χ1v) is 9.74. The van der Waals surface area contributed by atoms with E-state index in [4.69, 9.17) is 4.74 Å². The van der Waals surface area contributed by atoms with E-state index >= 15 is 0 Å². The number of carbonyl (C=O) groups excluding carboxylic acids is 1. The fourth-order valence-electron chi connectivity index (χ4n) is 2.36. The summed E-state index contributed by atoms with van der Waals surface area (Å²) in [5.41, 5.74) is 0.835. The van der Waals surface area contributed by atoms with E-state index in [9.17, 15) is 13.2 Å². The standard InChI is InChI=1S/C14H21NO5S2/c1-19-14(16)4-8-20-13-2-6-15(7-3-13)22(17,18)11-12-5-9-21-10-12/h5,9-10,13H,2-4,6-8,11H2,1H3.